The van der Waals surface area contributed by atoms with Gasteiger partial charge in [-0.05, 0) is 12.8 Å². The molecule has 0 aliphatic carbocycles. The molecule has 0 amide bonds. The molecule has 0 spiro atoms. The van der Waals surface area contributed by atoms with Crippen molar-refractivity contribution in [1.29, 1.82) is 0 Å². The summed E-state index contributed by atoms with van der Waals surface area (Å²) in [5.74, 6) is 1.23. The average Bonchev–Trinajstić information content (AvgIpc) is 2.74. The molecule has 0 bridgehead atoms. The third-order valence-electron chi connectivity index (χ3n) is 3.68. The summed E-state index contributed by atoms with van der Waals surface area (Å²) in [5, 5.41) is 0. The van der Waals surface area contributed by atoms with Crippen molar-refractivity contribution in [1.82, 2.24) is 19.1 Å². The first-order valence-corrected chi connectivity index (χ1v) is 6.47. The number of hydrogen-bond acceptors (Lipinski definition) is 4. The molecule has 7 nitrogen and oxygen atoms in total. The second kappa shape index (κ2) is 3.97. The molecule has 2 aromatic rings. The first-order valence-electron chi connectivity index (χ1n) is 6.47. The van der Waals surface area contributed by atoms with Crippen LogP contribution in [0.25, 0.3) is 11.2 Å². The van der Waals surface area contributed by atoms with Crippen molar-refractivity contribution < 1.29 is 0 Å². The molecule has 1 aliphatic rings. The average molecular weight is 263 g/mol. The predicted molar refractivity (Wildman–Crippen MR) is 72.6 cm³/mol. The normalized spacial score (nSPS) is 18.9. The predicted octanol–water partition coefficient (Wildman–Crippen LogP) is -0.101. The van der Waals surface area contributed by atoms with Gasteiger partial charge in [0.25, 0.3) is 5.56 Å². The summed E-state index contributed by atoms with van der Waals surface area (Å²) in [6.07, 6.45) is 0. The van der Waals surface area contributed by atoms with Crippen LogP contribution in [-0.2, 0) is 13.6 Å². The summed E-state index contributed by atoms with van der Waals surface area (Å²) in [6, 6.07) is 0. The molecule has 3 rings (SSSR count). The van der Waals surface area contributed by atoms with Gasteiger partial charge in [0.05, 0.1) is 0 Å². The van der Waals surface area contributed by atoms with E-state index < -0.39 is 5.69 Å². The van der Waals surface area contributed by atoms with E-state index in [9.17, 15) is 9.59 Å². The maximum atomic E-state index is 12.0. The summed E-state index contributed by atoms with van der Waals surface area (Å²) < 4.78 is 3.31. The van der Waals surface area contributed by atoms with Gasteiger partial charge in [0, 0.05) is 26.7 Å². The minimum Gasteiger partial charge on any atom is -0.342 e. The lowest BCUT2D eigenvalue weighted by Crippen LogP contribution is -2.37. The van der Waals surface area contributed by atoms with Crippen LogP contribution >= 0.6 is 0 Å². The van der Waals surface area contributed by atoms with Crippen LogP contribution in [0.5, 0.6) is 0 Å². The van der Waals surface area contributed by atoms with Crippen LogP contribution in [0, 0.1) is 5.92 Å². The van der Waals surface area contributed by atoms with Gasteiger partial charge in [-0.15, -0.1) is 0 Å². The highest BCUT2D eigenvalue weighted by Gasteiger charge is 2.26. The number of fused-ring (bicyclic) bond motifs is 3. The van der Waals surface area contributed by atoms with Gasteiger partial charge >= 0.3 is 5.69 Å². The molecule has 7 heteroatoms. The highest BCUT2D eigenvalue weighted by Crippen LogP contribution is 2.25. The Morgan fingerprint density at radius 2 is 2.11 bits per heavy atom. The van der Waals surface area contributed by atoms with E-state index in [-0.39, 0.29) is 5.56 Å². The van der Waals surface area contributed by atoms with E-state index >= 15 is 0 Å². The summed E-state index contributed by atoms with van der Waals surface area (Å²) in [7, 11) is 1.62. The van der Waals surface area contributed by atoms with Crippen LogP contribution in [0.4, 0.5) is 5.95 Å². The topological polar surface area (TPSA) is 75.9 Å². The lowest BCUT2D eigenvalue weighted by molar-refractivity contribution is 0.440. The molecule has 19 heavy (non-hydrogen) atoms. The van der Waals surface area contributed by atoms with E-state index in [1.54, 1.807) is 7.05 Å². The number of anilines is 1. The number of hydrogen-bond donors (Lipinski definition) is 1. The van der Waals surface area contributed by atoms with E-state index in [1.807, 2.05) is 4.57 Å². The van der Waals surface area contributed by atoms with Crippen molar-refractivity contribution in [2.24, 2.45) is 13.0 Å². The van der Waals surface area contributed by atoms with Gasteiger partial charge in [0.1, 0.15) is 0 Å². The minimum absolute atomic E-state index is 0.359. The summed E-state index contributed by atoms with van der Waals surface area (Å²) in [4.78, 5) is 32.6. The van der Waals surface area contributed by atoms with Crippen molar-refractivity contribution in [3.63, 3.8) is 0 Å². The standard InChI is InChI=1S/C12H17N5O2/c1-4-16-5-7(2)6-17-8-9(13-11(16)17)15(3)12(19)14-10(8)18/h7H,4-6H2,1-3H3,(H,14,18,19). The second-order valence-corrected chi connectivity index (χ2v) is 5.16. The summed E-state index contributed by atoms with van der Waals surface area (Å²) >= 11 is 0. The molecule has 102 valence electrons. The first kappa shape index (κ1) is 12.0. The SMILES string of the molecule is CCN1CC(C)Cn2c1nc1c2c(=O)[nH]c(=O)n1C. The molecule has 0 aromatic carbocycles. The fourth-order valence-electron chi connectivity index (χ4n) is 2.74. The van der Waals surface area contributed by atoms with Crippen molar-refractivity contribution in [3.8, 4) is 0 Å². The maximum absolute atomic E-state index is 12.0. The lowest BCUT2D eigenvalue weighted by Gasteiger charge is -2.31. The fraction of sp³-hybridized carbons (Fsp3) is 0.583. The quantitative estimate of drug-likeness (QED) is 0.779. The molecule has 3 heterocycles. The smallest absolute Gasteiger partial charge is 0.329 e. The van der Waals surface area contributed by atoms with E-state index in [0.29, 0.717) is 17.1 Å². The van der Waals surface area contributed by atoms with Crippen LogP contribution < -0.4 is 16.1 Å². The molecule has 2 aromatic heterocycles. The third kappa shape index (κ3) is 1.61. The van der Waals surface area contributed by atoms with Crippen LogP contribution in [0.3, 0.4) is 0 Å². The number of nitrogens with zero attached hydrogens (tertiary/aromatic N) is 4. The monoisotopic (exact) mass is 263 g/mol. The number of imidazole rings is 1. The molecule has 0 radical (unpaired) electrons. The number of aryl methyl sites for hydroxylation is 1. The second-order valence-electron chi connectivity index (χ2n) is 5.16. The largest absolute Gasteiger partial charge is 0.342 e. The molecule has 0 saturated heterocycles. The molecule has 1 unspecified atom stereocenters. The zero-order chi connectivity index (χ0) is 13.7. The van der Waals surface area contributed by atoms with Crippen LogP contribution in [0.2, 0.25) is 0 Å². The fourth-order valence-corrected chi connectivity index (χ4v) is 2.74. The van der Waals surface area contributed by atoms with Gasteiger partial charge in [0.2, 0.25) is 5.95 Å². The first-order chi connectivity index (χ1) is 9.02. The lowest BCUT2D eigenvalue weighted by atomic mass is 10.1. The van der Waals surface area contributed by atoms with Gasteiger partial charge in [-0.3, -0.25) is 14.3 Å². The van der Waals surface area contributed by atoms with Crippen LogP contribution in [0.15, 0.2) is 9.59 Å². The highest BCUT2D eigenvalue weighted by molar-refractivity contribution is 5.74. The number of aromatic nitrogens is 4. The maximum Gasteiger partial charge on any atom is 0.329 e. The Bertz CT molecular complexity index is 754. The molecular weight excluding hydrogens is 246 g/mol. The van der Waals surface area contributed by atoms with Crippen LogP contribution in [0.1, 0.15) is 13.8 Å². The summed E-state index contributed by atoms with van der Waals surface area (Å²) in [6.45, 7) is 6.72. The van der Waals surface area contributed by atoms with E-state index in [2.05, 4.69) is 28.7 Å². The van der Waals surface area contributed by atoms with Crippen molar-refractivity contribution in [3.05, 3.63) is 20.8 Å². The molecule has 0 fully saturated rings. The number of rotatable bonds is 1. The van der Waals surface area contributed by atoms with E-state index in [1.165, 1.54) is 4.57 Å². The number of aromatic amines is 1. The Hall–Kier alpha value is -2.05. The van der Waals surface area contributed by atoms with Crippen molar-refractivity contribution in [2.45, 2.75) is 20.4 Å². The van der Waals surface area contributed by atoms with Crippen LogP contribution in [-0.4, -0.2) is 32.2 Å². The number of nitrogens with one attached hydrogen (secondary N) is 1. The Morgan fingerprint density at radius 3 is 2.79 bits per heavy atom. The van der Waals surface area contributed by atoms with E-state index in [4.69, 9.17) is 0 Å². The van der Waals surface area contributed by atoms with Crippen molar-refractivity contribution in [2.75, 3.05) is 18.0 Å². The number of H-pyrrole nitrogens is 1. The van der Waals surface area contributed by atoms with Gasteiger partial charge in [-0.2, -0.15) is 4.98 Å². The zero-order valence-electron chi connectivity index (χ0n) is 11.3. The van der Waals surface area contributed by atoms with Gasteiger partial charge < -0.3 is 9.47 Å². The van der Waals surface area contributed by atoms with Gasteiger partial charge in [-0.1, -0.05) is 6.92 Å². The van der Waals surface area contributed by atoms with Gasteiger partial charge in [-0.25, -0.2) is 4.79 Å². The Morgan fingerprint density at radius 1 is 1.37 bits per heavy atom. The molecular formula is C12H17N5O2. The summed E-state index contributed by atoms with van der Waals surface area (Å²) in [5.41, 5.74) is 0.157. The molecule has 1 N–H and O–H groups in total. The zero-order valence-corrected chi connectivity index (χ0v) is 11.3. The Kier molecular flexibility index (Phi) is 2.51. The van der Waals surface area contributed by atoms with Crippen molar-refractivity contribution >= 4 is 17.1 Å². The molecule has 1 aliphatic heterocycles. The molecule has 0 saturated carbocycles. The highest BCUT2D eigenvalue weighted by atomic mass is 16.2. The molecule has 1 atom stereocenters. The van der Waals surface area contributed by atoms with Gasteiger partial charge in [0.15, 0.2) is 11.2 Å². The Labute approximate surface area is 109 Å². The Balaban J connectivity index is 2.41. The minimum atomic E-state index is -0.427. The van der Waals surface area contributed by atoms with E-state index in [0.717, 1.165) is 25.6 Å². The third-order valence-corrected chi connectivity index (χ3v) is 3.68.